The van der Waals surface area contributed by atoms with Gasteiger partial charge in [-0.05, 0) is 49.4 Å². The van der Waals surface area contributed by atoms with Crippen LogP contribution in [0.3, 0.4) is 0 Å². The smallest absolute Gasteiger partial charge is 0.318 e. The van der Waals surface area contributed by atoms with Gasteiger partial charge < -0.3 is 24.8 Å². The molecule has 3 fully saturated rings. The molecule has 0 aliphatic carbocycles. The Labute approximate surface area is 328 Å². The first-order valence-electron chi connectivity index (χ1n) is 18.7. The average Bonchev–Trinajstić information content (AvgIpc) is 3.98. The number of urea groups is 1. The van der Waals surface area contributed by atoms with Crippen molar-refractivity contribution in [1.82, 2.24) is 45.0 Å². The molecule has 3 aliphatic rings. The Morgan fingerprint density at radius 2 is 1.89 bits per heavy atom. The number of rotatable bonds is 14. The number of likely N-dealkylation sites (tertiary alicyclic amines) is 1. The number of hydrogen-bond acceptors (Lipinski definition) is 9. The summed E-state index contributed by atoms with van der Waals surface area (Å²) in [5.74, 6) is -2.17. The van der Waals surface area contributed by atoms with Crippen LogP contribution in [0.4, 0.5) is 18.0 Å². The third-order valence-electron chi connectivity index (χ3n) is 10.6. The normalized spacial score (nSPS) is 21.4. The Morgan fingerprint density at radius 1 is 1.11 bits per heavy atom. The van der Waals surface area contributed by atoms with Gasteiger partial charge in [0, 0.05) is 69.5 Å². The molecule has 7 rings (SSSR count). The third-order valence-corrected chi connectivity index (χ3v) is 11.3. The summed E-state index contributed by atoms with van der Waals surface area (Å²) in [5, 5.41) is 13.9. The molecule has 5 atom stereocenters. The number of imide groups is 1. The summed E-state index contributed by atoms with van der Waals surface area (Å²) in [7, 11) is 5.57. The number of nitrogens with one attached hydrogen (secondary N) is 2. The zero-order valence-corrected chi connectivity index (χ0v) is 31.7. The minimum atomic E-state index is -1.19. The van der Waals surface area contributed by atoms with Gasteiger partial charge >= 0.3 is 6.03 Å². The molecule has 13 nitrogen and oxygen atoms in total. The number of carbonyl (C=O) groups excluding carboxylic acids is 3. The second kappa shape index (κ2) is 17.6. The Balaban J connectivity index is 1.20. The Morgan fingerprint density at radius 3 is 2.61 bits per heavy atom. The summed E-state index contributed by atoms with van der Waals surface area (Å²) in [6.45, 7) is 3.77. The molecule has 4 amide bonds. The van der Waals surface area contributed by atoms with E-state index in [2.05, 4.69) is 20.9 Å². The van der Waals surface area contributed by atoms with Crippen LogP contribution < -0.4 is 10.6 Å². The van der Waals surface area contributed by atoms with E-state index in [1.165, 1.54) is 4.68 Å². The van der Waals surface area contributed by atoms with Crippen molar-refractivity contribution < 1.29 is 32.3 Å². The molecule has 3 saturated heterocycles. The van der Waals surface area contributed by atoms with E-state index in [9.17, 15) is 18.8 Å². The topological polar surface area (TPSA) is 140 Å². The first kappa shape index (κ1) is 39.6. The molecule has 18 heteroatoms. The quantitative estimate of drug-likeness (QED) is 0.143. The van der Waals surface area contributed by atoms with Gasteiger partial charge in [0.15, 0.2) is 7.12 Å². The fraction of sp³-hybridized carbons (Fsp3) is 0.474. The number of aromatic nitrogens is 5. The maximum Gasteiger partial charge on any atom is 0.318 e. The molecule has 0 saturated carbocycles. The van der Waals surface area contributed by atoms with E-state index in [0.717, 1.165) is 40.3 Å². The zero-order chi connectivity index (χ0) is 39.3. The molecule has 2 radical (unpaired) electrons. The molecular weight excluding hydrogens is 746 g/mol. The second-order valence-electron chi connectivity index (χ2n) is 14.6. The van der Waals surface area contributed by atoms with E-state index >= 15 is 8.78 Å². The number of imidazole rings is 1. The van der Waals surface area contributed by atoms with Crippen molar-refractivity contribution in [3.05, 3.63) is 89.6 Å². The standard InChI is InChI=1S/C38H43BF3N9O4S/c1-23(17-49-20-28(46-47-49)21-50-34(52)14-33(56-39)37(50)53)44-38(54)51(19-26-15-43-16-31(26)42)35(25-9-11-55-12-10-25)36-45-32(29-13-27(40)7-8-30(29)41)22-48(36)18-24-5-3-2-4-6-24/h2-8,13,20,22-23,25-26,31,33,35,43H,9-12,14-19,21H2,1H3,(H,44,54)/t23-,26-,31-,33?,35+/m0/s1. The summed E-state index contributed by atoms with van der Waals surface area (Å²) in [6.07, 6.45) is 3.30. The predicted molar refractivity (Wildman–Crippen MR) is 203 cm³/mol. The minimum absolute atomic E-state index is 0.0130. The minimum Gasteiger partial charge on any atom is -0.381 e. The van der Waals surface area contributed by atoms with E-state index in [1.54, 1.807) is 24.2 Å². The number of hydrogen-bond donors (Lipinski definition) is 2. The van der Waals surface area contributed by atoms with E-state index < -0.39 is 47.1 Å². The van der Waals surface area contributed by atoms with E-state index in [4.69, 9.17) is 16.8 Å². The number of ether oxygens (including phenoxy) is 1. The number of amides is 4. The number of benzene rings is 2. The van der Waals surface area contributed by atoms with Crippen LogP contribution in [0.2, 0.25) is 0 Å². The maximum atomic E-state index is 15.4. The molecular formula is C38H43BF3N9O4S. The number of nitrogens with zero attached hydrogens (tertiary/aromatic N) is 7. The molecule has 3 aliphatic heterocycles. The average molecular weight is 790 g/mol. The molecule has 2 aromatic heterocycles. The van der Waals surface area contributed by atoms with Crippen LogP contribution in [0, 0.1) is 23.5 Å². The highest BCUT2D eigenvalue weighted by atomic mass is 32.2. The molecule has 1 unspecified atom stereocenters. The number of halogens is 3. The summed E-state index contributed by atoms with van der Waals surface area (Å²) in [4.78, 5) is 47.4. The summed E-state index contributed by atoms with van der Waals surface area (Å²) < 4.78 is 54.3. The second-order valence-corrected chi connectivity index (χ2v) is 15.5. The van der Waals surface area contributed by atoms with Crippen molar-refractivity contribution in [1.29, 1.82) is 0 Å². The highest BCUT2D eigenvalue weighted by molar-refractivity contribution is 8.20. The Hall–Kier alpha value is -4.68. The number of alkyl halides is 1. The highest BCUT2D eigenvalue weighted by Gasteiger charge is 2.41. The van der Waals surface area contributed by atoms with Crippen LogP contribution in [0.1, 0.15) is 49.3 Å². The molecule has 4 aromatic rings. The lowest BCUT2D eigenvalue weighted by Gasteiger charge is -2.40. The third kappa shape index (κ3) is 8.97. The lowest BCUT2D eigenvalue weighted by molar-refractivity contribution is -0.139. The van der Waals surface area contributed by atoms with E-state index in [1.807, 2.05) is 34.9 Å². The van der Waals surface area contributed by atoms with Crippen molar-refractivity contribution in [2.45, 2.75) is 69.3 Å². The predicted octanol–water partition coefficient (Wildman–Crippen LogP) is 4.04. The van der Waals surface area contributed by atoms with Crippen molar-refractivity contribution in [2.24, 2.45) is 11.8 Å². The first-order chi connectivity index (χ1) is 27.1. The molecule has 5 heterocycles. The van der Waals surface area contributed by atoms with Gasteiger partial charge in [0.05, 0.1) is 36.3 Å². The molecule has 56 heavy (non-hydrogen) atoms. The van der Waals surface area contributed by atoms with Gasteiger partial charge in [0.2, 0.25) is 11.8 Å². The first-order valence-corrected chi connectivity index (χ1v) is 19.7. The van der Waals surface area contributed by atoms with Gasteiger partial charge in [0.25, 0.3) is 0 Å². The molecule has 294 valence electrons. The number of carbonyl (C=O) groups is 3. The summed E-state index contributed by atoms with van der Waals surface area (Å²) >= 11 is 0.839. The van der Waals surface area contributed by atoms with E-state index in [0.29, 0.717) is 50.7 Å². The van der Waals surface area contributed by atoms with Gasteiger partial charge in [0.1, 0.15) is 29.3 Å². The Bertz CT molecular complexity index is 2020. The monoisotopic (exact) mass is 789 g/mol. The van der Waals surface area contributed by atoms with Crippen molar-refractivity contribution >= 4 is 36.6 Å². The van der Waals surface area contributed by atoms with Crippen LogP contribution in [0.25, 0.3) is 11.3 Å². The van der Waals surface area contributed by atoms with Gasteiger partial charge in [-0.2, -0.15) is 0 Å². The van der Waals surface area contributed by atoms with Crippen LogP contribution in [-0.2, 0) is 34.0 Å². The van der Waals surface area contributed by atoms with Crippen LogP contribution in [0.15, 0.2) is 60.9 Å². The SMILES string of the molecule is [B]SC1CC(=O)N(Cc2cn(C[C@H](C)NC(=O)N(C[C@@H]3CNC[C@@H]3F)[C@@H](c3nc(-c4cc(F)ccc4F)cn3Cc3ccccc3)C3CCOCC3)nn2)C1=O. The molecule has 2 N–H and O–H groups in total. The van der Waals surface area contributed by atoms with Crippen LogP contribution >= 0.6 is 11.6 Å². The van der Waals surface area contributed by atoms with Crippen LogP contribution in [0.5, 0.6) is 0 Å². The van der Waals surface area contributed by atoms with Crippen LogP contribution in [-0.4, -0.2) is 110 Å². The lowest BCUT2D eigenvalue weighted by Crippen LogP contribution is -2.51. The fourth-order valence-corrected chi connectivity index (χ4v) is 8.18. The van der Waals surface area contributed by atoms with Crippen molar-refractivity contribution in [3.8, 4) is 11.3 Å². The van der Waals surface area contributed by atoms with Crippen molar-refractivity contribution in [2.75, 3.05) is 32.8 Å². The molecule has 0 bridgehead atoms. The highest BCUT2D eigenvalue weighted by Crippen LogP contribution is 2.38. The van der Waals surface area contributed by atoms with E-state index in [-0.39, 0.29) is 61.6 Å². The zero-order valence-electron chi connectivity index (χ0n) is 30.9. The van der Waals surface area contributed by atoms with Gasteiger partial charge in [-0.25, -0.2) is 34.6 Å². The van der Waals surface area contributed by atoms with Crippen molar-refractivity contribution in [3.63, 3.8) is 0 Å². The Kier molecular flexibility index (Phi) is 12.5. The fourth-order valence-electron chi connectivity index (χ4n) is 7.70. The summed E-state index contributed by atoms with van der Waals surface area (Å²) in [6, 6.07) is 11.2. The van der Waals surface area contributed by atoms with Gasteiger partial charge in [-0.3, -0.25) is 19.2 Å². The summed E-state index contributed by atoms with van der Waals surface area (Å²) in [5.41, 5.74) is 1.52. The lowest BCUT2D eigenvalue weighted by atomic mass is 9.89. The molecule has 0 spiro atoms. The van der Waals surface area contributed by atoms with Gasteiger partial charge in [-0.1, -0.05) is 35.5 Å². The van der Waals surface area contributed by atoms with Gasteiger partial charge in [-0.15, -0.1) is 5.10 Å². The molecule has 2 aromatic carbocycles. The maximum absolute atomic E-state index is 15.4. The largest absolute Gasteiger partial charge is 0.381 e.